The molecule has 0 amide bonds. The fourth-order valence-electron chi connectivity index (χ4n) is 2.25. The van der Waals surface area contributed by atoms with Gasteiger partial charge in [-0.25, -0.2) is 0 Å². The van der Waals surface area contributed by atoms with Gasteiger partial charge in [0, 0.05) is 0 Å². The molecule has 0 heterocycles. The summed E-state index contributed by atoms with van der Waals surface area (Å²) in [5, 5.41) is 0. The predicted molar refractivity (Wildman–Crippen MR) is 79.1 cm³/mol. The molecule has 1 rings (SSSR count). The lowest BCUT2D eigenvalue weighted by molar-refractivity contribution is -0.148. The first-order chi connectivity index (χ1) is 9.19. The summed E-state index contributed by atoms with van der Waals surface area (Å²) >= 11 is 0. The van der Waals surface area contributed by atoms with Crippen molar-refractivity contribution in [3.05, 3.63) is 35.9 Å². The Kier molecular flexibility index (Phi) is 7.24. The van der Waals surface area contributed by atoms with Crippen LogP contribution in [-0.2, 0) is 9.53 Å². The molecule has 2 nitrogen and oxygen atoms in total. The average molecular weight is 262 g/mol. The highest BCUT2D eigenvalue weighted by Gasteiger charge is 2.20. The summed E-state index contributed by atoms with van der Waals surface area (Å²) in [4.78, 5) is 11.9. The van der Waals surface area contributed by atoms with Crippen molar-refractivity contribution in [1.82, 2.24) is 0 Å². The molecule has 1 aromatic rings. The van der Waals surface area contributed by atoms with Crippen LogP contribution in [-0.4, -0.2) is 12.6 Å². The lowest BCUT2D eigenvalue weighted by Crippen LogP contribution is -2.18. The van der Waals surface area contributed by atoms with E-state index >= 15 is 0 Å². The van der Waals surface area contributed by atoms with Gasteiger partial charge in [-0.05, 0) is 30.7 Å². The molecule has 0 aliphatic rings. The van der Waals surface area contributed by atoms with E-state index in [1.807, 2.05) is 13.0 Å². The molecular formula is C17H26O2. The third-order valence-corrected chi connectivity index (χ3v) is 3.55. The molecule has 0 saturated heterocycles. The molecule has 0 N–H and O–H groups in total. The van der Waals surface area contributed by atoms with Gasteiger partial charge in [-0.1, -0.05) is 57.5 Å². The van der Waals surface area contributed by atoms with Crippen molar-refractivity contribution in [2.75, 3.05) is 6.61 Å². The van der Waals surface area contributed by atoms with Crippen molar-refractivity contribution in [2.24, 2.45) is 5.92 Å². The second kappa shape index (κ2) is 8.73. The molecule has 1 aromatic carbocycles. The van der Waals surface area contributed by atoms with Crippen LogP contribution in [0.1, 0.15) is 57.9 Å². The minimum Gasteiger partial charge on any atom is -0.465 e. The zero-order chi connectivity index (χ0) is 14.1. The number of esters is 1. The Morgan fingerprint density at radius 1 is 1.21 bits per heavy atom. The molecule has 0 aliphatic carbocycles. The van der Waals surface area contributed by atoms with Gasteiger partial charge < -0.3 is 4.74 Å². The summed E-state index contributed by atoms with van der Waals surface area (Å²) < 4.78 is 5.29. The SMILES string of the molecule is CCCCOC(=O)C(C)CC(CC)c1ccccc1. The molecule has 2 heteroatoms. The largest absolute Gasteiger partial charge is 0.465 e. The summed E-state index contributed by atoms with van der Waals surface area (Å²) in [5.74, 6) is 0.361. The lowest BCUT2D eigenvalue weighted by Gasteiger charge is -2.19. The van der Waals surface area contributed by atoms with Crippen LogP contribution in [0, 0.1) is 5.92 Å². The highest BCUT2D eigenvalue weighted by atomic mass is 16.5. The molecule has 2 unspecified atom stereocenters. The number of benzene rings is 1. The Morgan fingerprint density at radius 3 is 2.47 bits per heavy atom. The van der Waals surface area contributed by atoms with E-state index in [-0.39, 0.29) is 11.9 Å². The predicted octanol–water partition coefficient (Wildman–Crippen LogP) is 4.55. The Bertz CT molecular complexity index is 359. The smallest absolute Gasteiger partial charge is 0.308 e. The maximum Gasteiger partial charge on any atom is 0.308 e. The Labute approximate surface area is 117 Å². The first kappa shape index (κ1) is 15.7. The molecule has 106 valence electrons. The van der Waals surface area contributed by atoms with Gasteiger partial charge in [0.1, 0.15) is 0 Å². The number of hydrogen-bond acceptors (Lipinski definition) is 2. The fraction of sp³-hybridized carbons (Fsp3) is 0.588. The monoisotopic (exact) mass is 262 g/mol. The van der Waals surface area contributed by atoms with E-state index in [1.165, 1.54) is 5.56 Å². The van der Waals surface area contributed by atoms with Gasteiger partial charge in [-0.3, -0.25) is 4.79 Å². The number of carbonyl (C=O) groups is 1. The Hall–Kier alpha value is -1.31. The third-order valence-electron chi connectivity index (χ3n) is 3.55. The lowest BCUT2D eigenvalue weighted by atomic mass is 9.88. The average Bonchev–Trinajstić information content (AvgIpc) is 2.45. The summed E-state index contributed by atoms with van der Waals surface area (Å²) in [6.07, 6.45) is 3.93. The van der Waals surface area contributed by atoms with Gasteiger partial charge in [-0.2, -0.15) is 0 Å². The van der Waals surface area contributed by atoms with E-state index in [4.69, 9.17) is 4.74 Å². The van der Waals surface area contributed by atoms with E-state index in [9.17, 15) is 4.79 Å². The highest BCUT2D eigenvalue weighted by molar-refractivity contribution is 5.72. The van der Waals surface area contributed by atoms with Crippen LogP contribution in [0.25, 0.3) is 0 Å². The molecule has 0 bridgehead atoms. The standard InChI is InChI=1S/C17H26O2/c1-4-6-12-19-17(18)14(3)13-15(5-2)16-10-8-7-9-11-16/h7-11,14-15H,4-6,12-13H2,1-3H3. The Morgan fingerprint density at radius 2 is 1.89 bits per heavy atom. The Balaban J connectivity index is 2.49. The summed E-state index contributed by atoms with van der Waals surface area (Å²) in [5.41, 5.74) is 1.32. The first-order valence-corrected chi connectivity index (χ1v) is 7.40. The number of hydrogen-bond donors (Lipinski definition) is 0. The van der Waals surface area contributed by atoms with E-state index in [2.05, 4.69) is 38.1 Å². The number of ether oxygens (including phenoxy) is 1. The van der Waals surface area contributed by atoms with Crippen LogP contribution in [0.2, 0.25) is 0 Å². The van der Waals surface area contributed by atoms with E-state index in [0.717, 1.165) is 25.7 Å². The van der Waals surface area contributed by atoms with E-state index in [0.29, 0.717) is 12.5 Å². The van der Waals surface area contributed by atoms with Gasteiger partial charge in [0.15, 0.2) is 0 Å². The number of rotatable bonds is 8. The van der Waals surface area contributed by atoms with E-state index < -0.39 is 0 Å². The van der Waals surface area contributed by atoms with Crippen LogP contribution < -0.4 is 0 Å². The van der Waals surface area contributed by atoms with Crippen LogP contribution in [0.3, 0.4) is 0 Å². The zero-order valence-electron chi connectivity index (χ0n) is 12.4. The van der Waals surface area contributed by atoms with Crippen molar-refractivity contribution in [1.29, 1.82) is 0 Å². The van der Waals surface area contributed by atoms with E-state index in [1.54, 1.807) is 0 Å². The van der Waals surface area contributed by atoms with Gasteiger partial charge in [0.2, 0.25) is 0 Å². The van der Waals surface area contributed by atoms with Gasteiger partial charge in [0.25, 0.3) is 0 Å². The van der Waals surface area contributed by atoms with Crippen LogP contribution in [0.4, 0.5) is 0 Å². The molecule has 0 spiro atoms. The van der Waals surface area contributed by atoms with Crippen LogP contribution >= 0.6 is 0 Å². The molecule has 2 atom stereocenters. The van der Waals surface area contributed by atoms with Crippen LogP contribution in [0.15, 0.2) is 30.3 Å². The maximum atomic E-state index is 11.9. The maximum absolute atomic E-state index is 11.9. The van der Waals surface area contributed by atoms with Crippen molar-refractivity contribution in [3.63, 3.8) is 0 Å². The quantitative estimate of drug-likeness (QED) is 0.507. The summed E-state index contributed by atoms with van der Waals surface area (Å²) in [6, 6.07) is 10.4. The molecule has 19 heavy (non-hydrogen) atoms. The van der Waals surface area contributed by atoms with Crippen molar-refractivity contribution >= 4 is 5.97 Å². The summed E-state index contributed by atoms with van der Waals surface area (Å²) in [6.45, 7) is 6.80. The molecular weight excluding hydrogens is 236 g/mol. The molecule has 0 radical (unpaired) electrons. The normalized spacial score (nSPS) is 13.8. The second-order valence-electron chi connectivity index (χ2n) is 5.17. The van der Waals surface area contributed by atoms with Crippen molar-refractivity contribution in [3.8, 4) is 0 Å². The van der Waals surface area contributed by atoms with Crippen LogP contribution in [0.5, 0.6) is 0 Å². The molecule has 0 saturated carbocycles. The van der Waals surface area contributed by atoms with Crippen molar-refractivity contribution < 1.29 is 9.53 Å². The summed E-state index contributed by atoms with van der Waals surface area (Å²) in [7, 11) is 0. The molecule has 0 aliphatic heterocycles. The first-order valence-electron chi connectivity index (χ1n) is 7.40. The molecule has 0 fully saturated rings. The van der Waals surface area contributed by atoms with Gasteiger partial charge in [-0.15, -0.1) is 0 Å². The van der Waals surface area contributed by atoms with Crippen molar-refractivity contribution in [2.45, 2.75) is 52.4 Å². The number of unbranched alkanes of at least 4 members (excludes halogenated alkanes) is 1. The fourth-order valence-corrected chi connectivity index (χ4v) is 2.25. The highest BCUT2D eigenvalue weighted by Crippen LogP contribution is 2.27. The second-order valence-corrected chi connectivity index (χ2v) is 5.17. The molecule has 0 aromatic heterocycles. The zero-order valence-corrected chi connectivity index (χ0v) is 12.4. The van der Waals surface area contributed by atoms with Gasteiger partial charge in [0.05, 0.1) is 12.5 Å². The number of carbonyl (C=O) groups excluding carboxylic acids is 1. The minimum atomic E-state index is -0.0529. The minimum absolute atomic E-state index is 0.0259. The third kappa shape index (κ3) is 5.46. The van der Waals surface area contributed by atoms with Gasteiger partial charge >= 0.3 is 5.97 Å². The topological polar surface area (TPSA) is 26.3 Å².